The van der Waals surface area contributed by atoms with Crippen LogP contribution in [0.4, 0.5) is 0 Å². The zero-order chi connectivity index (χ0) is 15.3. The number of ether oxygens (including phenoxy) is 4. The van der Waals surface area contributed by atoms with Gasteiger partial charge in [-0.3, -0.25) is 0 Å². The lowest BCUT2D eigenvalue weighted by Crippen LogP contribution is -2.09. The summed E-state index contributed by atoms with van der Waals surface area (Å²) in [6.45, 7) is 9.03. The first-order valence-electron chi connectivity index (χ1n) is 7.66. The van der Waals surface area contributed by atoms with Crippen LogP contribution in [0.5, 0.6) is 0 Å². The van der Waals surface area contributed by atoms with E-state index in [1.54, 1.807) is 7.11 Å². The molecule has 0 saturated carbocycles. The number of methoxy groups -OCH3 is 1. The Balaban J connectivity index is 0. The smallest absolute Gasteiger partial charge is 0.0701 e. The lowest BCUT2D eigenvalue weighted by Gasteiger charge is -2.03. The molecule has 0 fully saturated rings. The Kier molecular flexibility index (Phi) is 26.4. The van der Waals surface area contributed by atoms with Crippen LogP contribution in [0.15, 0.2) is 0 Å². The number of hydrogen-bond acceptors (Lipinski definition) is 5. The van der Waals surface area contributed by atoms with Gasteiger partial charge in [0.1, 0.15) is 0 Å². The van der Waals surface area contributed by atoms with Crippen molar-refractivity contribution in [3.63, 3.8) is 0 Å². The molecule has 0 spiro atoms. The van der Waals surface area contributed by atoms with Gasteiger partial charge in [-0.2, -0.15) is 0 Å². The molecule has 0 aliphatic rings. The van der Waals surface area contributed by atoms with E-state index in [9.17, 15) is 0 Å². The van der Waals surface area contributed by atoms with Crippen molar-refractivity contribution in [1.82, 2.24) is 0 Å². The molecule has 0 unspecified atom stereocenters. The van der Waals surface area contributed by atoms with Crippen LogP contribution in [-0.2, 0) is 18.9 Å². The zero-order valence-corrected chi connectivity index (χ0v) is 13.6. The van der Waals surface area contributed by atoms with Crippen LogP contribution in [0.2, 0.25) is 0 Å². The van der Waals surface area contributed by atoms with Crippen LogP contribution < -0.4 is 0 Å². The number of aliphatic hydroxyl groups excluding tert-OH is 1. The van der Waals surface area contributed by atoms with Crippen LogP contribution in [-0.4, -0.2) is 65.1 Å². The fraction of sp³-hybridized carbons (Fsp3) is 1.00. The first-order chi connectivity index (χ1) is 9.83. The maximum Gasteiger partial charge on any atom is 0.0701 e. The van der Waals surface area contributed by atoms with E-state index < -0.39 is 0 Å². The van der Waals surface area contributed by atoms with Gasteiger partial charge in [0.25, 0.3) is 0 Å². The Labute approximate surface area is 124 Å². The van der Waals surface area contributed by atoms with Crippen LogP contribution in [0, 0.1) is 0 Å². The maximum atomic E-state index is 8.32. The highest BCUT2D eigenvalue weighted by Gasteiger charge is 1.88. The Bertz CT molecular complexity index is 130. The van der Waals surface area contributed by atoms with Crippen LogP contribution in [0.1, 0.15) is 39.5 Å². The van der Waals surface area contributed by atoms with Crippen molar-refractivity contribution in [1.29, 1.82) is 0 Å². The van der Waals surface area contributed by atoms with Crippen molar-refractivity contribution in [2.45, 2.75) is 39.5 Å². The molecule has 0 saturated heterocycles. The third kappa shape index (κ3) is 26.4. The summed E-state index contributed by atoms with van der Waals surface area (Å²) in [5.41, 5.74) is 0. The second-order valence-electron chi connectivity index (χ2n) is 4.26. The summed E-state index contributed by atoms with van der Waals surface area (Å²) < 4.78 is 20.1. The average Bonchev–Trinajstić information content (AvgIpc) is 2.47. The molecule has 0 aromatic carbocycles. The quantitative estimate of drug-likeness (QED) is 0.498. The summed E-state index contributed by atoms with van der Waals surface area (Å²) in [5, 5.41) is 8.32. The van der Waals surface area contributed by atoms with Gasteiger partial charge in [-0.25, -0.2) is 0 Å². The van der Waals surface area contributed by atoms with E-state index in [4.69, 9.17) is 24.1 Å². The van der Waals surface area contributed by atoms with Crippen molar-refractivity contribution >= 4 is 0 Å². The van der Waals surface area contributed by atoms with Gasteiger partial charge in [0, 0.05) is 20.3 Å². The summed E-state index contributed by atoms with van der Waals surface area (Å²) in [5.74, 6) is 0. The minimum Gasteiger partial charge on any atom is -0.394 e. The third-order valence-corrected chi connectivity index (χ3v) is 2.32. The Morgan fingerprint density at radius 3 is 1.55 bits per heavy atom. The van der Waals surface area contributed by atoms with E-state index >= 15 is 0 Å². The number of unbranched alkanes of at least 4 members (excludes halogenated alkanes) is 2. The topological polar surface area (TPSA) is 57.2 Å². The van der Waals surface area contributed by atoms with E-state index in [1.807, 2.05) is 0 Å². The predicted octanol–water partition coefficient (Wildman–Crippen LogP) is 2.26. The molecule has 0 bridgehead atoms. The van der Waals surface area contributed by atoms with Gasteiger partial charge in [-0.1, -0.05) is 26.7 Å². The summed E-state index contributed by atoms with van der Waals surface area (Å²) in [6.07, 6.45) is 4.91. The zero-order valence-electron chi connectivity index (χ0n) is 13.6. The Morgan fingerprint density at radius 2 is 1.10 bits per heavy atom. The highest BCUT2D eigenvalue weighted by atomic mass is 16.5. The van der Waals surface area contributed by atoms with Gasteiger partial charge in [-0.15, -0.1) is 0 Å². The molecule has 1 N–H and O–H groups in total. The standard InChI is InChI=1S/C8H18O.C7H16O4/c1-3-5-7-9-8-6-4-2;1-9-4-5-11-7-6-10-3-2-8/h3-8H2,1-2H3;8H,2-7H2,1H3. The molecule has 0 rings (SSSR count). The summed E-state index contributed by atoms with van der Waals surface area (Å²) in [7, 11) is 1.63. The summed E-state index contributed by atoms with van der Waals surface area (Å²) in [6, 6.07) is 0. The molecular weight excluding hydrogens is 260 g/mol. The molecule has 0 aromatic rings. The van der Waals surface area contributed by atoms with Gasteiger partial charge in [0.05, 0.1) is 39.6 Å². The SMILES string of the molecule is CCCCOCCCC.COCCOCCOCCO. The lowest BCUT2D eigenvalue weighted by molar-refractivity contribution is 0.0159. The van der Waals surface area contributed by atoms with Crippen LogP contribution in [0.25, 0.3) is 0 Å². The van der Waals surface area contributed by atoms with Gasteiger partial charge >= 0.3 is 0 Å². The van der Waals surface area contributed by atoms with E-state index in [0.717, 1.165) is 13.2 Å². The molecule has 0 radical (unpaired) electrons. The van der Waals surface area contributed by atoms with Crippen molar-refractivity contribution in [3.05, 3.63) is 0 Å². The molecule has 0 amide bonds. The molecule has 5 heteroatoms. The molecule has 124 valence electrons. The van der Waals surface area contributed by atoms with Gasteiger partial charge < -0.3 is 24.1 Å². The normalized spacial score (nSPS) is 10.2. The fourth-order valence-electron chi connectivity index (χ4n) is 1.12. The minimum atomic E-state index is 0.0675. The molecule has 0 aliphatic heterocycles. The van der Waals surface area contributed by atoms with Gasteiger partial charge in [-0.05, 0) is 12.8 Å². The van der Waals surface area contributed by atoms with E-state index in [2.05, 4.69) is 13.8 Å². The summed E-state index contributed by atoms with van der Waals surface area (Å²) in [4.78, 5) is 0. The van der Waals surface area contributed by atoms with E-state index in [-0.39, 0.29) is 6.61 Å². The van der Waals surface area contributed by atoms with Gasteiger partial charge in [0.15, 0.2) is 0 Å². The molecule has 20 heavy (non-hydrogen) atoms. The molecule has 0 atom stereocenters. The van der Waals surface area contributed by atoms with Crippen molar-refractivity contribution in [3.8, 4) is 0 Å². The van der Waals surface area contributed by atoms with E-state index in [1.165, 1.54) is 25.7 Å². The second kappa shape index (κ2) is 23.9. The maximum absolute atomic E-state index is 8.32. The lowest BCUT2D eigenvalue weighted by atomic mass is 10.3. The second-order valence-corrected chi connectivity index (χ2v) is 4.26. The van der Waals surface area contributed by atoms with Crippen LogP contribution in [0.3, 0.4) is 0 Å². The fourth-order valence-corrected chi connectivity index (χ4v) is 1.12. The van der Waals surface area contributed by atoms with Crippen molar-refractivity contribution in [2.24, 2.45) is 0 Å². The molecule has 0 heterocycles. The summed E-state index contributed by atoms with van der Waals surface area (Å²) >= 11 is 0. The number of rotatable bonds is 14. The average molecular weight is 294 g/mol. The highest BCUT2D eigenvalue weighted by molar-refractivity contribution is 4.34. The molecule has 5 nitrogen and oxygen atoms in total. The number of hydrogen-bond donors (Lipinski definition) is 1. The molecular formula is C15H34O5. The first kappa shape index (κ1) is 22.1. The number of aliphatic hydroxyl groups is 1. The minimum absolute atomic E-state index is 0.0675. The monoisotopic (exact) mass is 294 g/mol. The van der Waals surface area contributed by atoms with Crippen molar-refractivity contribution < 1.29 is 24.1 Å². The molecule has 0 aliphatic carbocycles. The van der Waals surface area contributed by atoms with Gasteiger partial charge in [0.2, 0.25) is 0 Å². The third-order valence-electron chi connectivity index (χ3n) is 2.32. The Hall–Kier alpha value is -0.200. The predicted molar refractivity (Wildman–Crippen MR) is 81.2 cm³/mol. The Morgan fingerprint density at radius 1 is 0.650 bits per heavy atom. The molecule has 0 aromatic heterocycles. The highest BCUT2D eigenvalue weighted by Crippen LogP contribution is 1.91. The van der Waals surface area contributed by atoms with Crippen molar-refractivity contribution in [2.75, 3.05) is 60.0 Å². The van der Waals surface area contributed by atoms with Crippen LogP contribution >= 0.6 is 0 Å². The largest absolute Gasteiger partial charge is 0.394 e. The van der Waals surface area contributed by atoms with E-state index in [0.29, 0.717) is 33.0 Å². The first-order valence-corrected chi connectivity index (χ1v) is 7.66.